The second-order valence-corrected chi connectivity index (χ2v) is 3.70. The molecule has 1 heterocycles. The molecule has 0 aromatic rings. The average Bonchev–Trinajstić information content (AvgIpc) is 2.02. The summed E-state index contributed by atoms with van der Waals surface area (Å²) < 4.78 is 4.97. The van der Waals surface area contributed by atoms with Crippen LogP contribution in [0.2, 0.25) is 0 Å². The van der Waals surface area contributed by atoms with E-state index in [-0.39, 0.29) is 6.04 Å². The third-order valence-corrected chi connectivity index (χ3v) is 2.88. The van der Waals surface area contributed by atoms with Crippen molar-refractivity contribution in [2.75, 3.05) is 13.2 Å². The van der Waals surface area contributed by atoms with Gasteiger partial charge < -0.3 is 15.6 Å². The minimum absolute atomic E-state index is 0.124. The third-order valence-electron chi connectivity index (χ3n) is 2.88. The fourth-order valence-corrected chi connectivity index (χ4v) is 1.74. The molecule has 1 aliphatic rings. The molecular weight excluding hydrogens is 154 g/mol. The van der Waals surface area contributed by atoms with E-state index in [2.05, 4.69) is 13.8 Å². The molecule has 0 spiro atoms. The normalized spacial score (nSPS) is 23.8. The summed E-state index contributed by atoms with van der Waals surface area (Å²) in [6, 6.07) is -0.124. The molecule has 3 N–H and O–H groups in total. The first kappa shape index (κ1) is 9.96. The molecule has 72 valence electrons. The quantitative estimate of drug-likeness (QED) is 0.651. The second-order valence-electron chi connectivity index (χ2n) is 3.70. The molecule has 3 heteroatoms. The van der Waals surface area contributed by atoms with Crippen LogP contribution in [0.1, 0.15) is 26.7 Å². The highest BCUT2D eigenvalue weighted by molar-refractivity contribution is 4.97. The average molecular weight is 173 g/mol. The molecule has 0 amide bonds. The van der Waals surface area contributed by atoms with Gasteiger partial charge in [0.15, 0.2) is 0 Å². The first-order valence-corrected chi connectivity index (χ1v) is 4.69. The summed E-state index contributed by atoms with van der Waals surface area (Å²) >= 11 is 0. The number of rotatable bonds is 4. The molecule has 0 aliphatic carbocycles. The Morgan fingerprint density at radius 3 is 2.17 bits per heavy atom. The van der Waals surface area contributed by atoms with Crippen molar-refractivity contribution in [1.82, 2.24) is 0 Å². The Bertz CT molecular complexity index is 141. The summed E-state index contributed by atoms with van der Waals surface area (Å²) in [5.74, 6) is 0.416. The molecule has 1 aliphatic heterocycles. The van der Waals surface area contributed by atoms with E-state index in [1.165, 1.54) is 0 Å². The molecule has 1 unspecified atom stereocenters. The Morgan fingerprint density at radius 1 is 1.42 bits per heavy atom. The van der Waals surface area contributed by atoms with Gasteiger partial charge in [0.1, 0.15) is 5.60 Å². The van der Waals surface area contributed by atoms with Gasteiger partial charge in [-0.1, -0.05) is 26.7 Å². The molecule has 0 radical (unpaired) electrons. The van der Waals surface area contributed by atoms with Gasteiger partial charge in [-0.05, 0) is 5.92 Å². The number of hydrogen-bond acceptors (Lipinski definition) is 3. The highest BCUT2D eigenvalue weighted by Gasteiger charge is 2.44. The zero-order valence-electron chi connectivity index (χ0n) is 7.92. The molecular formula is C9H19NO2. The summed E-state index contributed by atoms with van der Waals surface area (Å²) in [5.41, 5.74) is 5.21. The lowest BCUT2D eigenvalue weighted by Gasteiger charge is -2.43. The minimum Gasteiger partial charge on any atom is -0.383 e. The molecule has 12 heavy (non-hydrogen) atoms. The van der Waals surface area contributed by atoms with E-state index in [9.17, 15) is 5.11 Å². The largest absolute Gasteiger partial charge is 0.383 e. The van der Waals surface area contributed by atoms with Crippen LogP contribution in [-0.2, 0) is 4.74 Å². The molecule has 0 bridgehead atoms. The zero-order chi connectivity index (χ0) is 9.19. The lowest BCUT2D eigenvalue weighted by Crippen LogP contribution is -2.63. The lowest BCUT2D eigenvalue weighted by atomic mass is 9.81. The topological polar surface area (TPSA) is 55.5 Å². The van der Waals surface area contributed by atoms with Crippen molar-refractivity contribution >= 4 is 0 Å². The maximum atomic E-state index is 9.86. The Kier molecular flexibility index (Phi) is 3.09. The Morgan fingerprint density at radius 2 is 1.92 bits per heavy atom. The first-order valence-electron chi connectivity index (χ1n) is 4.69. The predicted molar refractivity (Wildman–Crippen MR) is 47.8 cm³/mol. The summed E-state index contributed by atoms with van der Waals surface area (Å²) in [6.45, 7) is 5.03. The first-order chi connectivity index (χ1) is 5.64. The second kappa shape index (κ2) is 3.73. The monoisotopic (exact) mass is 173 g/mol. The molecule has 0 saturated carbocycles. The van der Waals surface area contributed by atoms with Crippen molar-refractivity contribution in [1.29, 1.82) is 0 Å². The van der Waals surface area contributed by atoms with Crippen LogP contribution in [-0.4, -0.2) is 30.0 Å². The van der Waals surface area contributed by atoms with Gasteiger partial charge in [-0.3, -0.25) is 0 Å². The lowest BCUT2D eigenvalue weighted by molar-refractivity contribution is -0.196. The van der Waals surface area contributed by atoms with E-state index in [1.807, 2.05) is 0 Å². The van der Waals surface area contributed by atoms with Gasteiger partial charge in [-0.15, -0.1) is 0 Å². The summed E-state index contributed by atoms with van der Waals surface area (Å²) in [4.78, 5) is 0. The molecule has 3 nitrogen and oxygen atoms in total. The Balaban J connectivity index is 2.49. The van der Waals surface area contributed by atoms with E-state index in [0.717, 1.165) is 12.8 Å². The third kappa shape index (κ3) is 1.63. The van der Waals surface area contributed by atoms with Gasteiger partial charge >= 0.3 is 0 Å². The number of nitrogens with two attached hydrogens (primary N) is 1. The molecule has 1 saturated heterocycles. The maximum absolute atomic E-state index is 9.86. The van der Waals surface area contributed by atoms with Gasteiger partial charge in [-0.2, -0.15) is 0 Å². The minimum atomic E-state index is -0.739. The van der Waals surface area contributed by atoms with Gasteiger partial charge in [0.05, 0.1) is 13.2 Å². The van der Waals surface area contributed by atoms with Crippen LogP contribution in [0, 0.1) is 5.92 Å². The van der Waals surface area contributed by atoms with Crippen LogP contribution < -0.4 is 5.73 Å². The van der Waals surface area contributed by atoms with Crippen molar-refractivity contribution in [3.8, 4) is 0 Å². The van der Waals surface area contributed by atoms with Crippen molar-refractivity contribution in [3.05, 3.63) is 0 Å². The summed E-state index contributed by atoms with van der Waals surface area (Å²) in [6.07, 6.45) is 2.06. The molecule has 0 aromatic carbocycles. The number of hydrogen-bond donors (Lipinski definition) is 2. The van der Waals surface area contributed by atoms with E-state index in [0.29, 0.717) is 19.1 Å². The van der Waals surface area contributed by atoms with Crippen molar-refractivity contribution < 1.29 is 9.84 Å². The van der Waals surface area contributed by atoms with Crippen LogP contribution in [0.15, 0.2) is 0 Å². The van der Waals surface area contributed by atoms with Crippen LogP contribution in [0.3, 0.4) is 0 Å². The van der Waals surface area contributed by atoms with Crippen molar-refractivity contribution in [2.45, 2.75) is 38.3 Å². The SMILES string of the molecule is CCC(CC)C(N)C1(O)COC1. The van der Waals surface area contributed by atoms with Gasteiger partial charge in [0.25, 0.3) is 0 Å². The van der Waals surface area contributed by atoms with Crippen LogP contribution >= 0.6 is 0 Å². The Hall–Kier alpha value is -0.120. The summed E-state index contributed by atoms with van der Waals surface area (Å²) in [5, 5.41) is 9.86. The zero-order valence-corrected chi connectivity index (χ0v) is 7.92. The van der Waals surface area contributed by atoms with Gasteiger partial charge in [-0.25, -0.2) is 0 Å². The number of aliphatic hydroxyl groups is 1. The standard InChI is InChI=1S/C9H19NO2/c1-3-7(4-2)8(10)9(11)5-12-6-9/h7-8,11H,3-6,10H2,1-2H3. The van der Waals surface area contributed by atoms with Crippen molar-refractivity contribution in [3.63, 3.8) is 0 Å². The van der Waals surface area contributed by atoms with E-state index in [4.69, 9.17) is 10.5 Å². The van der Waals surface area contributed by atoms with Crippen molar-refractivity contribution in [2.24, 2.45) is 11.7 Å². The molecule has 1 rings (SSSR count). The van der Waals surface area contributed by atoms with Gasteiger partial charge in [0.2, 0.25) is 0 Å². The van der Waals surface area contributed by atoms with Crippen LogP contribution in [0.5, 0.6) is 0 Å². The molecule has 1 fully saturated rings. The highest BCUT2D eigenvalue weighted by Crippen LogP contribution is 2.27. The fourth-order valence-electron chi connectivity index (χ4n) is 1.74. The van der Waals surface area contributed by atoms with E-state index < -0.39 is 5.60 Å². The number of ether oxygens (including phenoxy) is 1. The van der Waals surface area contributed by atoms with E-state index >= 15 is 0 Å². The Labute approximate surface area is 73.9 Å². The van der Waals surface area contributed by atoms with Crippen LogP contribution in [0.25, 0.3) is 0 Å². The fraction of sp³-hybridized carbons (Fsp3) is 1.00. The molecule has 0 aromatic heterocycles. The summed E-state index contributed by atoms with van der Waals surface area (Å²) in [7, 11) is 0. The predicted octanol–water partition coefficient (Wildman–Crippen LogP) is 0.511. The highest BCUT2D eigenvalue weighted by atomic mass is 16.5. The maximum Gasteiger partial charge on any atom is 0.126 e. The van der Waals surface area contributed by atoms with Crippen LogP contribution in [0.4, 0.5) is 0 Å². The van der Waals surface area contributed by atoms with Gasteiger partial charge in [0, 0.05) is 6.04 Å². The molecule has 1 atom stereocenters. The smallest absolute Gasteiger partial charge is 0.126 e. The van der Waals surface area contributed by atoms with E-state index in [1.54, 1.807) is 0 Å².